The minimum absolute atomic E-state index is 0.152. The molecule has 3 aromatic rings. The number of aromatic nitrogens is 5. The van der Waals surface area contributed by atoms with Crippen LogP contribution in [-0.2, 0) is 17.8 Å². The number of morpholine rings is 1. The molecule has 0 amide bonds. The van der Waals surface area contributed by atoms with E-state index in [0.29, 0.717) is 0 Å². The van der Waals surface area contributed by atoms with Crippen molar-refractivity contribution in [3.05, 3.63) is 41.6 Å². The Bertz CT molecular complexity index is 806. The molecule has 1 N–H and O–H groups in total. The Kier molecular flexibility index (Phi) is 4.03. The van der Waals surface area contributed by atoms with Crippen molar-refractivity contribution in [3.8, 4) is 0 Å². The van der Waals surface area contributed by atoms with Crippen LogP contribution in [0.4, 0.5) is 0 Å². The van der Waals surface area contributed by atoms with Crippen LogP contribution in [0.25, 0.3) is 11.2 Å². The van der Waals surface area contributed by atoms with Gasteiger partial charge >= 0.3 is 0 Å². The van der Waals surface area contributed by atoms with Crippen LogP contribution < -0.4 is 0 Å². The Hall–Kier alpha value is -2.25. The Morgan fingerprint density at radius 1 is 1.38 bits per heavy atom. The van der Waals surface area contributed by atoms with E-state index in [-0.39, 0.29) is 6.10 Å². The average Bonchev–Trinajstić information content (AvgIpc) is 3.10. The van der Waals surface area contributed by atoms with Crippen molar-refractivity contribution in [1.29, 1.82) is 0 Å². The molecule has 0 aromatic carbocycles. The summed E-state index contributed by atoms with van der Waals surface area (Å²) in [6.07, 6.45) is 1.92. The fourth-order valence-electron chi connectivity index (χ4n) is 3.27. The highest BCUT2D eigenvalue weighted by molar-refractivity contribution is 5.69. The summed E-state index contributed by atoms with van der Waals surface area (Å²) in [7, 11) is 0. The molecule has 126 valence electrons. The average molecular weight is 326 g/mol. The number of hydrogen-bond donors (Lipinski definition) is 1. The maximum atomic E-state index is 5.93. The number of ether oxygens (including phenoxy) is 1. The predicted octanol–water partition coefficient (Wildman–Crippen LogP) is 1.67. The van der Waals surface area contributed by atoms with Gasteiger partial charge in [0.2, 0.25) is 0 Å². The third-order valence-corrected chi connectivity index (χ3v) is 4.38. The Morgan fingerprint density at radius 2 is 2.29 bits per heavy atom. The molecule has 0 unspecified atom stereocenters. The molecule has 4 rings (SSSR count). The second kappa shape index (κ2) is 6.33. The summed E-state index contributed by atoms with van der Waals surface area (Å²) in [5, 5.41) is 4.53. The second-order valence-corrected chi connectivity index (χ2v) is 6.40. The molecule has 0 bridgehead atoms. The monoisotopic (exact) mass is 326 g/mol. The molecule has 4 heterocycles. The largest absolute Gasteiger partial charge is 0.374 e. The van der Waals surface area contributed by atoms with Crippen LogP contribution in [0.3, 0.4) is 0 Å². The van der Waals surface area contributed by atoms with Crippen LogP contribution in [0.1, 0.15) is 17.2 Å². The lowest BCUT2D eigenvalue weighted by molar-refractivity contribution is -0.0410. The summed E-state index contributed by atoms with van der Waals surface area (Å²) in [5.41, 5.74) is 3.99. The highest BCUT2D eigenvalue weighted by Crippen LogP contribution is 2.14. The molecule has 1 atom stereocenters. The van der Waals surface area contributed by atoms with Crippen LogP contribution in [0, 0.1) is 13.8 Å². The number of fused-ring (bicyclic) bond motifs is 1. The second-order valence-electron chi connectivity index (χ2n) is 6.40. The Balaban J connectivity index is 1.42. The molecule has 7 nitrogen and oxygen atoms in total. The molecule has 7 heteroatoms. The van der Waals surface area contributed by atoms with E-state index in [1.165, 1.54) is 5.69 Å². The zero-order chi connectivity index (χ0) is 16.5. The third kappa shape index (κ3) is 3.18. The molecule has 0 saturated carbocycles. The van der Waals surface area contributed by atoms with E-state index in [2.05, 4.69) is 37.9 Å². The van der Waals surface area contributed by atoms with E-state index in [1.54, 1.807) is 6.20 Å². The van der Waals surface area contributed by atoms with Gasteiger partial charge < -0.3 is 9.72 Å². The quantitative estimate of drug-likeness (QED) is 0.790. The van der Waals surface area contributed by atoms with Gasteiger partial charge in [-0.2, -0.15) is 5.10 Å². The molecule has 1 aliphatic heterocycles. The number of aryl methyl sites for hydroxylation is 2. The number of rotatable bonds is 4. The summed E-state index contributed by atoms with van der Waals surface area (Å²) in [6.45, 7) is 8.21. The molecular weight excluding hydrogens is 304 g/mol. The van der Waals surface area contributed by atoms with Crippen molar-refractivity contribution in [3.63, 3.8) is 0 Å². The van der Waals surface area contributed by atoms with Crippen molar-refractivity contribution in [2.24, 2.45) is 0 Å². The van der Waals surface area contributed by atoms with E-state index >= 15 is 0 Å². The van der Waals surface area contributed by atoms with Gasteiger partial charge in [-0.15, -0.1) is 0 Å². The van der Waals surface area contributed by atoms with Crippen LogP contribution in [0.5, 0.6) is 0 Å². The van der Waals surface area contributed by atoms with Gasteiger partial charge in [-0.3, -0.25) is 9.58 Å². The molecule has 1 aliphatic rings. The van der Waals surface area contributed by atoms with Crippen molar-refractivity contribution in [2.75, 3.05) is 19.7 Å². The van der Waals surface area contributed by atoms with Gasteiger partial charge in [-0.05, 0) is 32.0 Å². The molecule has 0 spiro atoms. The van der Waals surface area contributed by atoms with Gasteiger partial charge in [0.1, 0.15) is 5.82 Å². The first-order chi connectivity index (χ1) is 11.7. The lowest BCUT2D eigenvalue weighted by Gasteiger charge is -2.32. The zero-order valence-electron chi connectivity index (χ0n) is 14.1. The molecule has 3 aromatic heterocycles. The van der Waals surface area contributed by atoms with E-state index in [4.69, 9.17) is 4.74 Å². The molecule has 24 heavy (non-hydrogen) atoms. The van der Waals surface area contributed by atoms with Gasteiger partial charge in [0, 0.05) is 25.0 Å². The SMILES string of the molecule is Cc1cc(C)n(C[C@H]2CN(Cc3nc4ncccc4[nH]3)CCO2)n1. The highest BCUT2D eigenvalue weighted by Gasteiger charge is 2.22. The number of nitrogens with zero attached hydrogens (tertiary/aromatic N) is 5. The number of imidazole rings is 1. The van der Waals surface area contributed by atoms with Gasteiger partial charge in [0.05, 0.1) is 37.0 Å². The predicted molar refractivity (Wildman–Crippen MR) is 90.6 cm³/mol. The topological polar surface area (TPSA) is 71.9 Å². The zero-order valence-corrected chi connectivity index (χ0v) is 14.1. The Morgan fingerprint density at radius 3 is 3.08 bits per heavy atom. The lowest BCUT2D eigenvalue weighted by atomic mass is 10.2. The van der Waals surface area contributed by atoms with Gasteiger partial charge in [0.15, 0.2) is 5.65 Å². The van der Waals surface area contributed by atoms with Gasteiger partial charge in [-0.1, -0.05) is 0 Å². The first-order valence-corrected chi connectivity index (χ1v) is 8.32. The summed E-state index contributed by atoms with van der Waals surface area (Å²) in [4.78, 5) is 14.6. The third-order valence-electron chi connectivity index (χ3n) is 4.38. The van der Waals surface area contributed by atoms with Crippen LogP contribution >= 0.6 is 0 Å². The minimum atomic E-state index is 0.152. The summed E-state index contributed by atoms with van der Waals surface area (Å²) in [5.74, 6) is 0.954. The summed E-state index contributed by atoms with van der Waals surface area (Å²) < 4.78 is 7.96. The van der Waals surface area contributed by atoms with E-state index in [0.717, 1.165) is 55.5 Å². The van der Waals surface area contributed by atoms with Crippen LogP contribution in [0.15, 0.2) is 24.4 Å². The fraction of sp³-hybridized carbons (Fsp3) is 0.471. The van der Waals surface area contributed by atoms with Crippen molar-refractivity contribution < 1.29 is 4.74 Å². The van der Waals surface area contributed by atoms with Gasteiger partial charge in [-0.25, -0.2) is 9.97 Å². The highest BCUT2D eigenvalue weighted by atomic mass is 16.5. The first-order valence-electron chi connectivity index (χ1n) is 8.32. The van der Waals surface area contributed by atoms with Crippen molar-refractivity contribution >= 4 is 11.2 Å². The molecule has 0 radical (unpaired) electrons. The van der Waals surface area contributed by atoms with E-state index < -0.39 is 0 Å². The number of H-pyrrole nitrogens is 1. The standard InChI is InChI=1S/C17H22N6O/c1-12-8-13(2)23(21-12)10-14-9-22(6-7-24-14)11-16-19-15-4-3-5-18-17(15)20-16/h3-5,8,14H,6-7,9-11H2,1-2H3,(H,18,19,20)/t14-/m1/s1. The fourth-order valence-corrected chi connectivity index (χ4v) is 3.27. The van der Waals surface area contributed by atoms with Gasteiger partial charge in [0.25, 0.3) is 0 Å². The molecule has 1 fully saturated rings. The first kappa shape index (κ1) is 15.3. The lowest BCUT2D eigenvalue weighted by Crippen LogP contribution is -2.44. The minimum Gasteiger partial charge on any atom is -0.374 e. The maximum Gasteiger partial charge on any atom is 0.177 e. The smallest absolute Gasteiger partial charge is 0.177 e. The van der Waals surface area contributed by atoms with Crippen LogP contribution in [-0.4, -0.2) is 55.4 Å². The van der Waals surface area contributed by atoms with Crippen LogP contribution in [0.2, 0.25) is 0 Å². The summed E-state index contributed by atoms with van der Waals surface area (Å²) in [6, 6.07) is 6.02. The van der Waals surface area contributed by atoms with Crippen molar-refractivity contribution in [1.82, 2.24) is 29.6 Å². The number of nitrogens with one attached hydrogen (secondary N) is 1. The molecular formula is C17H22N6O. The normalized spacial score (nSPS) is 19.2. The number of hydrogen-bond acceptors (Lipinski definition) is 5. The molecule has 0 aliphatic carbocycles. The number of pyridine rings is 1. The summed E-state index contributed by atoms with van der Waals surface area (Å²) >= 11 is 0. The van der Waals surface area contributed by atoms with Crippen molar-refractivity contribution in [2.45, 2.75) is 33.0 Å². The Labute approximate surface area is 140 Å². The number of aromatic amines is 1. The van der Waals surface area contributed by atoms with E-state index in [9.17, 15) is 0 Å². The maximum absolute atomic E-state index is 5.93. The molecule has 1 saturated heterocycles. The van der Waals surface area contributed by atoms with E-state index in [1.807, 2.05) is 23.7 Å².